The number of rotatable bonds is 3. The third-order valence-electron chi connectivity index (χ3n) is 4.25. The summed E-state index contributed by atoms with van der Waals surface area (Å²) >= 11 is 19.0. The Morgan fingerprint density at radius 2 is 1.72 bits per heavy atom. The number of hydrogen-bond donors (Lipinski definition) is 1. The van der Waals surface area contributed by atoms with E-state index in [2.05, 4.69) is 10.3 Å². The lowest BCUT2D eigenvalue weighted by Gasteiger charge is -2.09. The zero-order chi connectivity index (χ0) is 23.0. The number of aliphatic imine (C=N–C) groups is 1. The Hall–Kier alpha value is -2.39. The summed E-state index contributed by atoms with van der Waals surface area (Å²) in [6.07, 6.45) is -3.13. The summed E-state index contributed by atoms with van der Waals surface area (Å²) in [6.45, 7) is 0. The number of amides is 1. The van der Waals surface area contributed by atoms with Crippen molar-refractivity contribution in [2.45, 2.75) is 6.18 Å². The molecular formula is C21H10Cl3F3N2O2S. The summed E-state index contributed by atoms with van der Waals surface area (Å²) in [5.41, 5.74) is -0.485. The Labute approximate surface area is 199 Å². The summed E-state index contributed by atoms with van der Waals surface area (Å²) in [4.78, 5) is 16.6. The molecule has 0 unspecified atom stereocenters. The van der Waals surface area contributed by atoms with Crippen molar-refractivity contribution < 1.29 is 22.4 Å². The fourth-order valence-corrected chi connectivity index (χ4v) is 4.46. The van der Waals surface area contributed by atoms with Crippen molar-refractivity contribution in [2.75, 3.05) is 0 Å². The van der Waals surface area contributed by atoms with E-state index in [4.69, 9.17) is 39.2 Å². The van der Waals surface area contributed by atoms with Gasteiger partial charge in [-0.2, -0.15) is 13.2 Å². The van der Waals surface area contributed by atoms with Crippen LogP contribution in [0.25, 0.3) is 17.4 Å². The van der Waals surface area contributed by atoms with Gasteiger partial charge < -0.3 is 9.73 Å². The Morgan fingerprint density at radius 3 is 2.41 bits per heavy atom. The lowest BCUT2D eigenvalue weighted by molar-refractivity contribution is -0.137. The highest BCUT2D eigenvalue weighted by molar-refractivity contribution is 8.18. The second-order valence-electron chi connectivity index (χ2n) is 6.44. The van der Waals surface area contributed by atoms with Gasteiger partial charge >= 0.3 is 6.18 Å². The molecule has 1 N–H and O–H groups in total. The number of amidine groups is 1. The van der Waals surface area contributed by atoms with Gasteiger partial charge in [-0.05, 0) is 54.2 Å². The maximum atomic E-state index is 13.0. The van der Waals surface area contributed by atoms with Crippen molar-refractivity contribution in [1.29, 1.82) is 0 Å². The highest BCUT2D eigenvalue weighted by atomic mass is 35.5. The molecule has 1 fully saturated rings. The fraction of sp³-hybridized carbons (Fsp3) is 0.0476. The number of nitrogens with one attached hydrogen (secondary N) is 1. The van der Waals surface area contributed by atoms with E-state index in [0.29, 0.717) is 27.1 Å². The van der Waals surface area contributed by atoms with E-state index < -0.39 is 22.7 Å². The average Bonchev–Trinajstić information content (AvgIpc) is 3.29. The highest BCUT2D eigenvalue weighted by Crippen LogP contribution is 2.38. The predicted octanol–water partition coefficient (Wildman–Crippen LogP) is 7.82. The zero-order valence-electron chi connectivity index (χ0n) is 15.6. The molecule has 1 aliphatic heterocycles. The first kappa shape index (κ1) is 22.8. The monoisotopic (exact) mass is 516 g/mol. The molecular weight excluding hydrogens is 508 g/mol. The number of halogens is 6. The summed E-state index contributed by atoms with van der Waals surface area (Å²) < 4.78 is 44.9. The van der Waals surface area contributed by atoms with Crippen LogP contribution in [0.1, 0.15) is 11.3 Å². The third kappa shape index (κ3) is 4.83. The first-order valence-corrected chi connectivity index (χ1v) is 10.8. The maximum absolute atomic E-state index is 13.0. The van der Waals surface area contributed by atoms with Crippen LogP contribution in [0.5, 0.6) is 0 Å². The Bertz CT molecular complexity index is 1270. The van der Waals surface area contributed by atoms with Crippen LogP contribution < -0.4 is 5.32 Å². The molecule has 4 rings (SSSR count). The molecule has 1 saturated heterocycles. The maximum Gasteiger partial charge on any atom is 0.417 e. The molecule has 1 aliphatic rings. The molecule has 0 bridgehead atoms. The van der Waals surface area contributed by atoms with Crippen LogP contribution in [0.4, 0.5) is 18.9 Å². The molecule has 3 aromatic rings. The van der Waals surface area contributed by atoms with Crippen molar-refractivity contribution in [1.82, 2.24) is 5.32 Å². The van der Waals surface area contributed by atoms with Crippen LogP contribution in [0.15, 0.2) is 62.8 Å². The van der Waals surface area contributed by atoms with E-state index in [0.717, 1.165) is 23.9 Å². The molecule has 0 saturated carbocycles. The molecule has 1 aromatic heterocycles. The van der Waals surface area contributed by atoms with E-state index >= 15 is 0 Å². The Kier molecular flexibility index (Phi) is 6.31. The van der Waals surface area contributed by atoms with Crippen LogP contribution in [0.3, 0.4) is 0 Å². The van der Waals surface area contributed by atoms with Crippen molar-refractivity contribution in [3.63, 3.8) is 0 Å². The Morgan fingerprint density at radius 1 is 1.00 bits per heavy atom. The Balaban J connectivity index is 1.58. The van der Waals surface area contributed by atoms with Gasteiger partial charge in [-0.3, -0.25) is 4.79 Å². The minimum absolute atomic E-state index is 0.000536. The number of benzene rings is 2. The highest BCUT2D eigenvalue weighted by Gasteiger charge is 2.33. The van der Waals surface area contributed by atoms with E-state index in [1.54, 1.807) is 30.3 Å². The number of alkyl halides is 3. The van der Waals surface area contributed by atoms with E-state index in [1.165, 1.54) is 12.1 Å². The molecule has 0 radical (unpaired) electrons. The molecule has 2 heterocycles. The van der Waals surface area contributed by atoms with Gasteiger partial charge in [-0.1, -0.05) is 40.9 Å². The molecule has 32 heavy (non-hydrogen) atoms. The van der Waals surface area contributed by atoms with Gasteiger partial charge in [-0.25, -0.2) is 4.99 Å². The molecule has 2 aromatic carbocycles. The largest absolute Gasteiger partial charge is 0.457 e. The normalized spacial score (nSPS) is 16.8. The van der Waals surface area contributed by atoms with Gasteiger partial charge in [0.25, 0.3) is 5.91 Å². The van der Waals surface area contributed by atoms with Gasteiger partial charge in [0.05, 0.1) is 36.8 Å². The topological polar surface area (TPSA) is 54.6 Å². The molecule has 1 amide bonds. The minimum atomic E-state index is -4.62. The predicted molar refractivity (Wildman–Crippen MR) is 121 cm³/mol. The van der Waals surface area contributed by atoms with Gasteiger partial charge in [-0.15, -0.1) is 0 Å². The zero-order valence-corrected chi connectivity index (χ0v) is 18.7. The van der Waals surface area contributed by atoms with Crippen LogP contribution in [-0.2, 0) is 11.0 Å². The van der Waals surface area contributed by atoms with Crippen molar-refractivity contribution in [2.24, 2.45) is 4.99 Å². The average molecular weight is 518 g/mol. The van der Waals surface area contributed by atoms with Crippen LogP contribution >= 0.6 is 46.6 Å². The number of nitrogens with zero attached hydrogens (tertiary/aromatic N) is 1. The van der Waals surface area contributed by atoms with Crippen LogP contribution in [0, 0.1) is 0 Å². The first-order valence-electron chi connectivity index (χ1n) is 8.82. The molecule has 11 heteroatoms. The standard InChI is InChI=1S/C21H10Cl3F3N2O2S/c22-13-6-4-10(8-12(13)21(25,26)27)28-20-29-19(30)17(32-20)9-11-5-7-16(31-11)18-14(23)2-1-3-15(18)24/h1-9H,(H,28,29,30). The van der Waals surface area contributed by atoms with Gasteiger partial charge in [0, 0.05) is 6.08 Å². The summed E-state index contributed by atoms with van der Waals surface area (Å²) in [7, 11) is 0. The number of thioether (sulfide) groups is 1. The van der Waals surface area contributed by atoms with Gasteiger partial charge in [0.1, 0.15) is 11.5 Å². The summed E-state index contributed by atoms with van der Waals surface area (Å²) in [5, 5.41) is 3.02. The SMILES string of the molecule is O=C1NC(=Nc2ccc(Cl)c(C(F)(F)F)c2)SC1=Cc1ccc(-c2c(Cl)cccc2Cl)o1. The van der Waals surface area contributed by atoms with E-state index in [9.17, 15) is 18.0 Å². The number of carbonyl (C=O) groups is 1. The van der Waals surface area contributed by atoms with Crippen molar-refractivity contribution in [3.05, 3.63) is 79.8 Å². The van der Waals surface area contributed by atoms with Crippen LogP contribution in [0.2, 0.25) is 15.1 Å². The lowest BCUT2D eigenvalue weighted by Crippen LogP contribution is -2.19. The molecule has 0 aliphatic carbocycles. The lowest BCUT2D eigenvalue weighted by atomic mass is 10.2. The molecule has 0 spiro atoms. The smallest absolute Gasteiger partial charge is 0.417 e. The molecule has 4 nitrogen and oxygen atoms in total. The fourth-order valence-electron chi connectivity index (χ4n) is 2.83. The first-order chi connectivity index (χ1) is 15.1. The van der Waals surface area contributed by atoms with E-state index in [-0.39, 0.29) is 15.8 Å². The minimum Gasteiger partial charge on any atom is -0.457 e. The second kappa shape index (κ2) is 8.86. The third-order valence-corrected chi connectivity index (χ3v) is 6.12. The number of hydrogen-bond acceptors (Lipinski definition) is 4. The number of carbonyl (C=O) groups excluding carboxylic acids is 1. The molecule has 164 valence electrons. The molecule has 0 atom stereocenters. The number of furan rings is 1. The second-order valence-corrected chi connectivity index (χ2v) is 8.69. The summed E-state index contributed by atoms with van der Waals surface area (Å²) in [5.74, 6) is 0.318. The van der Waals surface area contributed by atoms with Gasteiger partial charge in [0.15, 0.2) is 5.17 Å². The van der Waals surface area contributed by atoms with E-state index in [1.807, 2.05) is 0 Å². The van der Waals surface area contributed by atoms with Gasteiger partial charge in [0.2, 0.25) is 0 Å². The summed E-state index contributed by atoms with van der Waals surface area (Å²) in [6, 6.07) is 11.6. The van der Waals surface area contributed by atoms with Crippen LogP contribution in [-0.4, -0.2) is 11.1 Å². The van der Waals surface area contributed by atoms with Crippen molar-refractivity contribution >= 4 is 69.4 Å². The van der Waals surface area contributed by atoms with Crippen molar-refractivity contribution in [3.8, 4) is 11.3 Å². The quantitative estimate of drug-likeness (QED) is 0.360.